The molecular formula is C12H21N3. The fourth-order valence-corrected chi connectivity index (χ4v) is 2.46. The van der Waals surface area contributed by atoms with E-state index in [-0.39, 0.29) is 0 Å². The Kier molecular flexibility index (Phi) is 3.10. The summed E-state index contributed by atoms with van der Waals surface area (Å²) in [6.07, 6.45) is 4.60. The number of nitrogens with zero attached hydrogens (tertiary/aromatic N) is 1. The molecule has 0 amide bonds. The van der Waals surface area contributed by atoms with E-state index in [0.29, 0.717) is 6.04 Å². The van der Waals surface area contributed by atoms with Gasteiger partial charge in [-0.3, -0.25) is 0 Å². The monoisotopic (exact) mass is 207 g/mol. The summed E-state index contributed by atoms with van der Waals surface area (Å²) in [5.41, 5.74) is 1.19. The molecule has 3 nitrogen and oxygen atoms in total. The molecule has 3 atom stereocenters. The number of H-pyrrole nitrogens is 1. The number of hydrogen-bond donors (Lipinski definition) is 2. The molecule has 2 rings (SSSR count). The van der Waals surface area contributed by atoms with Crippen LogP contribution in [0.1, 0.15) is 38.2 Å². The minimum atomic E-state index is 0.684. The number of imidazole rings is 1. The van der Waals surface area contributed by atoms with E-state index < -0.39 is 0 Å². The topological polar surface area (TPSA) is 40.7 Å². The molecule has 3 unspecified atom stereocenters. The molecule has 0 spiro atoms. The second kappa shape index (κ2) is 4.35. The minimum absolute atomic E-state index is 0.684. The van der Waals surface area contributed by atoms with Gasteiger partial charge in [0.25, 0.3) is 0 Å². The Morgan fingerprint density at radius 1 is 1.47 bits per heavy atom. The van der Waals surface area contributed by atoms with Crippen LogP contribution in [0.5, 0.6) is 0 Å². The van der Waals surface area contributed by atoms with Crippen molar-refractivity contribution in [3.63, 3.8) is 0 Å². The fraction of sp³-hybridized carbons (Fsp3) is 0.750. The van der Waals surface area contributed by atoms with Crippen LogP contribution in [0.4, 0.5) is 0 Å². The highest BCUT2D eigenvalue weighted by molar-refractivity contribution is 5.00. The van der Waals surface area contributed by atoms with E-state index in [1.54, 1.807) is 0 Å². The van der Waals surface area contributed by atoms with E-state index in [4.69, 9.17) is 0 Å². The summed E-state index contributed by atoms with van der Waals surface area (Å²) in [5.74, 6) is 2.67. The van der Waals surface area contributed by atoms with Crippen LogP contribution in [-0.2, 0) is 6.54 Å². The summed E-state index contributed by atoms with van der Waals surface area (Å²) < 4.78 is 0. The molecule has 0 aliphatic heterocycles. The van der Waals surface area contributed by atoms with Crippen molar-refractivity contribution < 1.29 is 0 Å². The molecule has 1 aromatic heterocycles. The lowest BCUT2D eigenvalue weighted by Crippen LogP contribution is -2.31. The first kappa shape index (κ1) is 10.7. The zero-order valence-corrected chi connectivity index (χ0v) is 9.88. The standard InChI is InChI=1S/C12H21N3/c1-8-4-5-12(9(8)2)14-7-11-6-13-10(3)15-11/h6,8-9,12,14H,4-5,7H2,1-3H3,(H,13,15). The predicted molar refractivity (Wildman–Crippen MR) is 61.5 cm³/mol. The Morgan fingerprint density at radius 2 is 2.27 bits per heavy atom. The van der Waals surface area contributed by atoms with Crippen molar-refractivity contribution in [2.24, 2.45) is 11.8 Å². The summed E-state index contributed by atoms with van der Waals surface area (Å²) in [5, 5.41) is 3.62. The normalized spacial score (nSPS) is 31.0. The Hall–Kier alpha value is -0.830. The van der Waals surface area contributed by atoms with Crippen molar-refractivity contribution in [2.75, 3.05) is 0 Å². The van der Waals surface area contributed by atoms with Crippen molar-refractivity contribution in [2.45, 2.75) is 46.2 Å². The first-order chi connectivity index (χ1) is 7.16. The van der Waals surface area contributed by atoms with Crippen LogP contribution < -0.4 is 5.32 Å². The molecule has 1 fully saturated rings. The van der Waals surface area contributed by atoms with Gasteiger partial charge in [0, 0.05) is 24.5 Å². The maximum Gasteiger partial charge on any atom is 0.103 e. The average molecular weight is 207 g/mol. The molecule has 1 aromatic rings. The number of nitrogens with one attached hydrogen (secondary N) is 2. The van der Waals surface area contributed by atoms with E-state index >= 15 is 0 Å². The highest BCUT2D eigenvalue weighted by atomic mass is 15.0. The number of aryl methyl sites for hydroxylation is 1. The SMILES string of the molecule is Cc1ncc(CNC2CCC(C)C2C)[nH]1. The molecule has 3 heteroatoms. The molecular weight excluding hydrogens is 186 g/mol. The van der Waals surface area contributed by atoms with Crippen LogP contribution in [0.25, 0.3) is 0 Å². The zero-order valence-electron chi connectivity index (χ0n) is 9.88. The smallest absolute Gasteiger partial charge is 0.103 e. The molecule has 0 bridgehead atoms. The first-order valence-corrected chi connectivity index (χ1v) is 5.90. The van der Waals surface area contributed by atoms with Crippen molar-refractivity contribution in [3.8, 4) is 0 Å². The van der Waals surface area contributed by atoms with Gasteiger partial charge in [-0.1, -0.05) is 13.8 Å². The lowest BCUT2D eigenvalue weighted by Gasteiger charge is -2.19. The largest absolute Gasteiger partial charge is 0.345 e. The van der Waals surface area contributed by atoms with Gasteiger partial charge in [0.15, 0.2) is 0 Å². The summed E-state index contributed by atoms with van der Waals surface area (Å²) in [6.45, 7) is 7.62. The third-order valence-electron chi connectivity index (χ3n) is 3.78. The van der Waals surface area contributed by atoms with E-state index in [1.807, 2.05) is 13.1 Å². The summed E-state index contributed by atoms with van der Waals surface area (Å²) in [7, 11) is 0. The Morgan fingerprint density at radius 3 is 2.80 bits per heavy atom. The first-order valence-electron chi connectivity index (χ1n) is 5.90. The van der Waals surface area contributed by atoms with Gasteiger partial charge in [-0.2, -0.15) is 0 Å². The molecule has 0 saturated heterocycles. The average Bonchev–Trinajstić information content (AvgIpc) is 2.74. The van der Waals surface area contributed by atoms with Gasteiger partial charge >= 0.3 is 0 Å². The van der Waals surface area contributed by atoms with Crippen LogP contribution in [-0.4, -0.2) is 16.0 Å². The van der Waals surface area contributed by atoms with E-state index in [2.05, 4.69) is 29.1 Å². The molecule has 1 heterocycles. The number of aromatic amines is 1. The molecule has 1 aliphatic rings. The minimum Gasteiger partial charge on any atom is -0.345 e. The zero-order chi connectivity index (χ0) is 10.8. The van der Waals surface area contributed by atoms with Gasteiger partial charge < -0.3 is 10.3 Å². The molecule has 84 valence electrons. The summed E-state index contributed by atoms with van der Waals surface area (Å²) in [4.78, 5) is 7.45. The van der Waals surface area contributed by atoms with Gasteiger partial charge in [0.05, 0.1) is 0 Å². The quantitative estimate of drug-likeness (QED) is 0.798. The number of hydrogen-bond acceptors (Lipinski definition) is 2. The molecule has 1 aliphatic carbocycles. The second-order valence-corrected chi connectivity index (χ2v) is 4.89. The maximum absolute atomic E-state index is 4.20. The van der Waals surface area contributed by atoms with Gasteiger partial charge in [0.2, 0.25) is 0 Å². The lowest BCUT2D eigenvalue weighted by molar-refractivity contribution is 0.369. The third-order valence-corrected chi connectivity index (χ3v) is 3.78. The van der Waals surface area contributed by atoms with Gasteiger partial charge in [-0.05, 0) is 31.6 Å². The fourth-order valence-electron chi connectivity index (χ4n) is 2.46. The van der Waals surface area contributed by atoms with E-state index in [1.165, 1.54) is 18.5 Å². The molecule has 15 heavy (non-hydrogen) atoms. The van der Waals surface area contributed by atoms with Crippen LogP contribution in [0.15, 0.2) is 6.20 Å². The van der Waals surface area contributed by atoms with Crippen LogP contribution >= 0.6 is 0 Å². The molecule has 2 N–H and O–H groups in total. The van der Waals surface area contributed by atoms with Crippen LogP contribution in [0, 0.1) is 18.8 Å². The van der Waals surface area contributed by atoms with Crippen molar-refractivity contribution in [1.29, 1.82) is 0 Å². The maximum atomic E-state index is 4.20. The predicted octanol–water partition coefficient (Wildman–Crippen LogP) is 2.24. The van der Waals surface area contributed by atoms with Crippen molar-refractivity contribution in [3.05, 3.63) is 17.7 Å². The highest BCUT2D eigenvalue weighted by Gasteiger charge is 2.28. The number of aromatic nitrogens is 2. The third kappa shape index (κ3) is 2.40. The molecule has 0 aromatic carbocycles. The van der Waals surface area contributed by atoms with Gasteiger partial charge in [-0.25, -0.2) is 4.98 Å². The Balaban J connectivity index is 1.83. The van der Waals surface area contributed by atoms with Crippen LogP contribution in [0.3, 0.4) is 0 Å². The van der Waals surface area contributed by atoms with Crippen molar-refractivity contribution >= 4 is 0 Å². The Labute approximate surface area is 91.7 Å². The van der Waals surface area contributed by atoms with Crippen molar-refractivity contribution in [1.82, 2.24) is 15.3 Å². The summed E-state index contributed by atoms with van der Waals surface area (Å²) in [6, 6.07) is 0.684. The number of rotatable bonds is 3. The van der Waals surface area contributed by atoms with Gasteiger partial charge in [-0.15, -0.1) is 0 Å². The molecule has 0 radical (unpaired) electrons. The van der Waals surface area contributed by atoms with E-state index in [9.17, 15) is 0 Å². The lowest BCUT2D eigenvalue weighted by atomic mass is 9.98. The highest BCUT2D eigenvalue weighted by Crippen LogP contribution is 2.31. The van der Waals surface area contributed by atoms with E-state index in [0.717, 1.165) is 24.2 Å². The second-order valence-electron chi connectivity index (χ2n) is 4.89. The Bertz CT molecular complexity index is 318. The summed E-state index contributed by atoms with van der Waals surface area (Å²) >= 11 is 0. The van der Waals surface area contributed by atoms with Crippen LogP contribution in [0.2, 0.25) is 0 Å². The molecule has 1 saturated carbocycles. The van der Waals surface area contributed by atoms with Gasteiger partial charge in [0.1, 0.15) is 5.82 Å².